The average Bonchev–Trinajstić information content (AvgIpc) is 2.95. The van der Waals surface area contributed by atoms with Gasteiger partial charge in [-0.15, -0.1) is 0 Å². The molecule has 1 aliphatic carbocycles. The minimum Gasteiger partial charge on any atom is -0.351 e. The predicted octanol–water partition coefficient (Wildman–Crippen LogP) is 0.920. The van der Waals surface area contributed by atoms with Crippen molar-refractivity contribution in [2.75, 3.05) is 11.4 Å². The van der Waals surface area contributed by atoms with Crippen LogP contribution in [-0.2, 0) is 25.8 Å². The molecule has 0 atom stereocenters. The molecule has 4 rings (SSSR count). The lowest BCUT2D eigenvalue weighted by Gasteiger charge is -2.29. The summed E-state index contributed by atoms with van der Waals surface area (Å²) < 4.78 is 0. The SMILES string of the molecule is Cc1nc2c(c(=O)[nH]1)CN(c1ncnc3c1CCC3)CC2. The molecule has 3 heterocycles. The Labute approximate surface area is 122 Å². The van der Waals surface area contributed by atoms with Gasteiger partial charge >= 0.3 is 0 Å². The van der Waals surface area contributed by atoms with Gasteiger partial charge in [0, 0.05) is 24.2 Å². The molecule has 108 valence electrons. The zero-order chi connectivity index (χ0) is 14.4. The molecular formula is C15H17N5O. The maximum absolute atomic E-state index is 12.1. The van der Waals surface area contributed by atoms with Gasteiger partial charge in [0.05, 0.1) is 17.8 Å². The minimum atomic E-state index is -0.0205. The molecule has 0 spiro atoms. The zero-order valence-corrected chi connectivity index (χ0v) is 12.0. The van der Waals surface area contributed by atoms with Gasteiger partial charge in [-0.1, -0.05) is 0 Å². The van der Waals surface area contributed by atoms with Crippen molar-refractivity contribution in [3.05, 3.63) is 45.0 Å². The Morgan fingerprint density at radius 3 is 2.95 bits per heavy atom. The molecule has 0 unspecified atom stereocenters. The summed E-state index contributed by atoms with van der Waals surface area (Å²) in [6.45, 7) is 3.26. The number of aromatic amines is 1. The Balaban J connectivity index is 1.74. The van der Waals surface area contributed by atoms with Crippen LogP contribution in [0.5, 0.6) is 0 Å². The van der Waals surface area contributed by atoms with Gasteiger partial charge in [-0.3, -0.25) is 4.79 Å². The molecule has 6 nitrogen and oxygen atoms in total. The molecule has 0 amide bonds. The van der Waals surface area contributed by atoms with E-state index >= 15 is 0 Å². The third kappa shape index (κ3) is 2.02. The molecular weight excluding hydrogens is 266 g/mol. The Morgan fingerprint density at radius 1 is 1.14 bits per heavy atom. The van der Waals surface area contributed by atoms with Gasteiger partial charge in [-0.25, -0.2) is 15.0 Å². The molecule has 1 N–H and O–H groups in total. The highest BCUT2D eigenvalue weighted by atomic mass is 16.1. The average molecular weight is 283 g/mol. The molecule has 0 radical (unpaired) electrons. The second-order valence-corrected chi connectivity index (χ2v) is 5.72. The van der Waals surface area contributed by atoms with Crippen LogP contribution < -0.4 is 10.5 Å². The van der Waals surface area contributed by atoms with Gasteiger partial charge in [0.2, 0.25) is 0 Å². The van der Waals surface area contributed by atoms with Crippen LogP contribution in [0.25, 0.3) is 0 Å². The van der Waals surface area contributed by atoms with Gasteiger partial charge in [0.1, 0.15) is 18.0 Å². The second kappa shape index (κ2) is 4.65. The Morgan fingerprint density at radius 2 is 2.05 bits per heavy atom. The fourth-order valence-electron chi connectivity index (χ4n) is 3.34. The number of hydrogen-bond donors (Lipinski definition) is 1. The number of aromatic nitrogens is 4. The Hall–Kier alpha value is -2.24. The predicted molar refractivity (Wildman–Crippen MR) is 78.4 cm³/mol. The number of H-pyrrole nitrogens is 1. The summed E-state index contributed by atoms with van der Waals surface area (Å²) in [5.41, 5.74) is 4.11. The number of hydrogen-bond acceptors (Lipinski definition) is 5. The molecule has 2 aromatic rings. The van der Waals surface area contributed by atoms with Crippen molar-refractivity contribution in [1.29, 1.82) is 0 Å². The third-order valence-electron chi connectivity index (χ3n) is 4.34. The summed E-state index contributed by atoms with van der Waals surface area (Å²) in [6, 6.07) is 0. The van der Waals surface area contributed by atoms with E-state index in [-0.39, 0.29) is 5.56 Å². The topological polar surface area (TPSA) is 74.8 Å². The summed E-state index contributed by atoms with van der Waals surface area (Å²) >= 11 is 0. The third-order valence-corrected chi connectivity index (χ3v) is 4.34. The van der Waals surface area contributed by atoms with Crippen molar-refractivity contribution >= 4 is 5.82 Å². The summed E-state index contributed by atoms with van der Waals surface area (Å²) in [4.78, 5) is 30.4. The Bertz CT molecular complexity index is 767. The summed E-state index contributed by atoms with van der Waals surface area (Å²) in [7, 11) is 0. The van der Waals surface area contributed by atoms with Gasteiger partial charge in [0.15, 0.2) is 0 Å². The van der Waals surface area contributed by atoms with E-state index in [1.54, 1.807) is 6.33 Å². The molecule has 0 bridgehead atoms. The molecule has 2 aliphatic rings. The molecule has 2 aromatic heterocycles. The maximum atomic E-state index is 12.1. The van der Waals surface area contributed by atoms with Crippen molar-refractivity contribution in [1.82, 2.24) is 19.9 Å². The smallest absolute Gasteiger partial charge is 0.256 e. The van der Waals surface area contributed by atoms with E-state index in [9.17, 15) is 4.79 Å². The second-order valence-electron chi connectivity index (χ2n) is 5.72. The van der Waals surface area contributed by atoms with Crippen molar-refractivity contribution in [3.63, 3.8) is 0 Å². The van der Waals surface area contributed by atoms with E-state index in [0.29, 0.717) is 12.4 Å². The Kier molecular flexibility index (Phi) is 2.77. The molecule has 0 saturated carbocycles. The van der Waals surface area contributed by atoms with Crippen LogP contribution in [0.2, 0.25) is 0 Å². The number of nitrogens with zero attached hydrogens (tertiary/aromatic N) is 4. The van der Waals surface area contributed by atoms with E-state index in [2.05, 4.69) is 24.8 Å². The lowest BCUT2D eigenvalue weighted by atomic mass is 10.1. The first-order valence-electron chi connectivity index (χ1n) is 7.39. The van der Waals surface area contributed by atoms with Crippen LogP contribution in [0.4, 0.5) is 5.82 Å². The molecule has 21 heavy (non-hydrogen) atoms. The van der Waals surface area contributed by atoms with E-state index in [1.165, 1.54) is 11.3 Å². The first-order valence-corrected chi connectivity index (χ1v) is 7.39. The van der Waals surface area contributed by atoms with Crippen LogP contribution in [0, 0.1) is 6.92 Å². The van der Waals surface area contributed by atoms with Crippen LogP contribution in [0.15, 0.2) is 11.1 Å². The highest BCUT2D eigenvalue weighted by Gasteiger charge is 2.26. The normalized spacial score (nSPS) is 16.7. The van der Waals surface area contributed by atoms with Crippen LogP contribution in [0.1, 0.15) is 34.8 Å². The fraction of sp³-hybridized carbons (Fsp3) is 0.467. The van der Waals surface area contributed by atoms with Crippen LogP contribution >= 0.6 is 0 Å². The summed E-state index contributed by atoms with van der Waals surface area (Å²) in [5, 5.41) is 0. The number of aryl methyl sites for hydroxylation is 2. The molecule has 6 heteroatoms. The summed E-state index contributed by atoms with van der Waals surface area (Å²) in [5.74, 6) is 1.69. The molecule has 0 saturated heterocycles. The quantitative estimate of drug-likeness (QED) is 0.842. The number of nitrogens with one attached hydrogen (secondary N) is 1. The first kappa shape index (κ1) is 12.5. The minimum absolute atomic E-state index is 0.0205. The molecule has 0 fully saturated rings. The van der Waals surface area contributed by atoms with Crippen molar-refractivity contribution in [2.24, 2.45) is 0 Å². The number of fused-ring (bicyclic) bond motifs is 2. The molecule has 0 aromatic carbocycles. The van der Waals surface area contributed by atoms with Gasteiger partial charge in [0.25, 0.3) is 5.56 Å². The first-order chi connectivity index (χ1) is 10.2. The van der Waals surface area contributed by atoms with Crippen LogP contribution in [-0.4, -0.2) is 26.5 Å². The molecule has 1 aliphatic heterocycles. The van der Waals surface area contributed by atoms with Crippen LogP contribution in [0.3, 0.4) is 0 Å². The van der Waals surface area contributed by atoms with Gasteiger partial charge in [-0.05, 0) is 26.2 Å². The zero-order valence-electron chi connectivity index (χ0n) is 12.0. The number of anilines is 1. The number of rotatable bonds is 1. The van der Waals surface area contributed by atoms with E-state index in [1.807, 2.05) is 6.92 Å². The highest BCUT2D eigenvalue weighted by Crippen LogP contribution is 2.30. The fourth-order valence-corrected chi connectivity index (χ4v) is 3.34. The van der Waals surface area contributed by atoms with E-state index in [0.717, 1.165) is 49.3 Å². The monoisotopic (exact) mass is 283 g/mol. The van der Waals surface area contributed by atoms with Crippen molar-refractivity contribution in [2.45, 2.75) is 39.2 Å². The standard InChI is InChI=1S/C15H17N5O/c1-9-18-13-5-6-20(7-11(13)15(21)19-9)14-10-3-2-4-12(10)16-8-17-14/h8H,2-7H2,1H3,(H,18,19,21). The lowest BCUT2D eigenvalue weighted by Crippen LogP contribution is -2.37. The van der Waals surface area contributed by atoms with E-state index < -0.39 is 0 Å². The summed E-state index contributed by atoms with van der Waals surface area (Å²) in [6.07, 6.45) is 5.66. The maximum Gasteiger partial charge on any atom is 0.256 e. The highest BCUT2D eigenvalue weighted by molar-refractivity contribution is 5.52. The lowest BCUT2D eigenvalue weighted by molar-refractivity contribution is 0.679. The van der Waals surface area contributed by atoms with Crippen molar-refractivity contribution < 1.29 is 0 Å². The van der Waals surface area contributed by atoms with Crippen molar-refractivity contribution in [3.8, 4) is 0 Å². The van der Waals surface area contributed by atoms with Gasteiger partial charge in [-0.2, -0.15) is 0 Å². The van der Waals surface area contributed by atoms with E-state index in [4.69, 9.17) is 0 Å². The van der Waals surface area contributed by atoms with Gasteiger partial charge < -0.3 is 9.88 Å². The largest absolute Gasteiger partial charge is 0.351 e.